The number of fused-ring (bicyclic) bond motifs is 2. The Morgan fingerprint density at radius 2 is 1.97 bits per heavy atom. The van der Waals surface area contributed by atoms with E-state index in [-0.39, 0.29) is 5.91 Å². The minimum atomic E-state index is -0.503. The number of benzene rings is 2. The van der Waals surface area contributed by atoms with E-state index in [1.807, 2.05) is 36.4 Å². The van der Waals surface area contributed by atoms with Crippen molar-refractivity contribution >= 4 is 44.5 Å². The Morgan fingerprint density at radius 3 is 2.71 bits per heavy atom. The predicted octanol–water partition coefficient (Wildman–Crippen LogP) is 3.14. The van der Waals surface area contributed by atoms with E-state index in [0.29, 0.717) is 22.4 Å². The van der Waals surface area contributed by atoms with Crippen molar-refractivity contribution in [3.05, 3.63) is 57.0 Å². The lowest BCUT2D eigenvalue weighted by atomic mass is 10.1. The molecule has 2 aliphatic rings. The summed E-state index contributed by atoms with van der Waals surface area (Å²) in [6.07, 6.45) is 1.63. The van der Waals surface area contributed by atoms with Crippen LogP contribution in [0.2, 0.25) is 0 Å². The van der Waals surface area contributed by atoms with Crippen molar-refractivity contribution in [2.45, 2.75) is 25.9 Å². The molecular formula is C22H23BrN4O3S. The fourth-order valence-corrected chi connectivity index (χ4v) is 4.76. The van der Waals surface area contributed by atoms with E-state index in [1.54, 1.807) is 31.0 Å². The van der Waals surface area contributed by atoms with Crippen LogP contribution in [-0.2, 0) is 4.79 Å². The van der Waals surface area contributed by atoms with Gasteiger partial charge in [0.05, 0.1) is 19.6 Å². The van der Waals surface area contributed by atoms with Crippen LogP contribution in [0.25, 0.3) is 5.70 Å². The molecule has 0 spiro atoms. The lowest BCUT2D eigenvalue weighted by Gasteiger charge is -2.34. The van der Waals surface area contributed by atoms with E-state index in [2.05, 4.69) is 28.2 Å². The van der Waals surface area contributed by atoms with Crippen LogP contribution < -0.4 is 25.4 Å². The van der Waals surface area contributed by atoms with Gasteiger partial charge in [-0.2, -0.15) is 0 Å². The first kappa shape index (κ1) is 21.7. The van der Waals surface area contributed by atoms with Crippen LogP contribution in [0.3, 0.4) is 0 Å². The van der Waals surface area contributed by atoms with Crippen molar-refractivity contribution in [2.24, 2.45) is 10.1 Å². The largest absolute Gasteiger partial charge is 0.493 e. The number of thioether (sulfide) groups is 1. The molecule has 0 saturated carbocycles. The lowest BCUT2D eigenvalue weighted by Crippen LogP contribution is -2.50. The zero-order valence-corrected chi connectivity index (χ0v) is 19.9. The standard InChI is InChI=1S/C22H23BrN4O3S/c1-4-5-10-31-22-25-21(28)19-15-12-14(23)7-8-16(15)24-20(27(19)26-22)13-6-9-17(29-2)18(11-13)30-3/h6-9,11-12,20H,4-5,10H2,1-3H3,(H,25,26,28)/t20-/m0/s1. The summed E-state index contributed by atoms with van der Waals surface area (Å²) in [5.41, 5.74) is 1.33. The van der Waals surface area contributed by atoms with Gasteiger partial charge in [-0.05, 0) is 36.8 Å². The van der Waals surface area contributed by atoms with Crippen molar-refractivity contribution in [3.63, 3.8) is 0 Å². The van der Waals surface area contributed by atoms with Crippen molar-refractivity contribution in [1.82, 2.24) is 10.3 Å². The number of halogens is 1. The van der Waals surface area contributed by atoms with Crippen molar-refractivity contribution in [2.75, 3.05) is 20.0 Å². The van der Waals surface area contributed by atoms with E-state index in [4.69, 9.17) is 19.6 Å². The summed E-state index contributed by atoms with van der Waals surface area (Å²) in [6.45, 7) is 2.14. The molecule has 7 nitrogen and oxygen atoms in total. The molecule has 0 saturated heterocycles. The molecular weight excluding hydrogens is 480 g/mol. The lowest BCUT2D eigenvalue weighted by molar-refractivity contribution is -0.116. The minimum absolute atomic E-state index is 0.186. The topological polar surface area (TPSA) is 75.5 Å². The van der Waals surface area contributed by atoms with Crippen LogP contribution in [0, 0.1) is 0 Å². The Bertz CT molecular complexity index is 1170. The summed E-state index contributed by atoms with van der Waals surface area (Å²) in [7, 11) is 3.20. The Morgan fingerprint density at radius 1 is 1.16 bits per heavy atom. The van der Waals surface area contributed by atoms with Crippen LogP contribution in [-0.4, -0.2) is 36.1 Å². The second-order valence-electron chi connectivity index (χ2n) is 7.03. The molecule has 1 amide bonds. The number of hydrazone groups is 1. The summed E-state index contributed by atoms with van der Waals surface area (Å²) in [5.74, 6) is 1.93. The highest BCUT2D eigenvalue weighted by atomic mass is 79.9. The summed E-state index contributed by atoms with van der Waals surface area (Å²) in [4.78, 5) is 18.1. The molecule has 0 aromatic heterocycles. The molecule has 1 N–H and O–H groups in total. The number of hydrogen-bond acceptors (Lipinski definition) is 7. The van der Waals surface area contributed by atoms with Crippen LogP contribution in [0.15, 0.2) is 51.0 Å². The average Bonchev–Trinajstić information content (AvgIpc) is 2.78. The van der Waals surface area contributed by atoms with Crippen LogP contribution in [0.4, 0.5) is 0 Å². The molecule has 31 heavy (non-hydrogen) atoms. The van der Waals surface area contributed by atoms with Crippen LogP contribution in [0.5, 0.6) is 11.5 Å². The van der Waals surface area contributed by atoms with Gasteiger partial charge in [-0.25, -0.2) is 5.01 Å². The van der Waals surface area contributed by atoms with Gasteiger partial charge in [0, 0.05) is 21.0 Å². The number of carbonyl (C=O) groups is 1. The van der Waals surface area contributed by atoms with E-state index in [0.717, 1.165) is 39.2 Å². The zero-order chi connectivity index (χ0) is 22.0. The Kier molecular flexibility index (Phi) is 6.52. The second kappa shape index (κ2) is 9.32. The quantitative estimate of drug-likeness (QED) is 0.614. The maximum Gasteiger partial charge on any atom is 0.276 e. The first-order valence-corrected chi connectivity index (χ1v) is 11.7. The first-order valence-electron chi connectivity index (χ1n) is 9.97. The number of amides is 1. The van der Waals surface area contributed by atoms with Crippen molar-refractivity contribution in [3.8, 4) is 11.5 Å². The summed E-state index contributed by atoms with van der Waals surface area (Å²) >= 11 is 5.04. The number of amidine groups is 1. The highest BCUT2D eigenvalue weighted by Gasteiger charge is 2.34. The molecule has 0 fully saturated rings. The number of carbonyl (C=O) groups excluding carboxylic acids is 1. The van der Waals surface area contributed by atoms with Gasteiger partial charge >= 0.3 is 0 Å². The molecule has 0 bridgehead atoms. The highest BCUT2D eigenvalue weighted by Crippen LogP contribution is 2.35. The van der Waals surface area contributed by atoms with Crippen LogP contribution >= 0.6 is 27.7 Å². The molecule has 2 heterocycles. The van der Waals surface area contributed by atoms with Gasteiger partial charge in [-0.3, -0.25) is 15.1 Å². The number of nitrogens with one attached hydrogen (secondary N) is 1. The summed E-state index contributed by atoms with van der Waals surface area (Å²) in [6, 6.07) is 11.4. The van der Waals surface area contributed by atoms with E-state index < -0.39 is 6.17 Å². The van der Waals surface area contributed by atoms with Gasteiger partial charge in [-0.15, -0.1) is 5.10 Å². The SMILES string of the molecule is CCCCSC1=NN2C(=c3cc(Br)ccc3=N[C@@H]2c2ccc(OC)c(OC)c2)C(=O)N1. The smallest absolute Gasteiger partial charge is 0.276 e. The molecule has 1 atom stereocenters. The number of hydrogen-bond donors (Lipinski definition) is 1. The number of nitrogens with zero attached hydrogens (tertiary/aromatic N) is 3. The molecule has 0 radical (unpaired) electrons. The maximum atomic E-state index is 13.2. The molecule has 4 rings (SSSR count). The Balaban J connectivity index is 1.86. The fraction of sp³-hybridized carbons (Fsp3) is 0.318. The van der Waals surface area contributed by atoms with Gasteiger partial charge in [0.2, 0.25) is 0 Å². The summed E-state index contributed by atoms with van der Waals surface area (Å²) in [5, 5.41) is 11.5. The Labute approximate surface area is 193 Å². The number of ether oxygens (including phenoxy) is 2. The molecule has 0 aliphatic carbocycles. The Hall–Kier alpha value is -2.52. The fourth-order valence-electron chi connectivity index (χ4n) is 3.46. The number of unbranched alkanes of at least 4 members (excludes halogenated alkanes) is 1. The third-order valence-corrected chi connectivity index (χ3v) is 6.46. The molecule has 9 heteroatoms. The molecule has 162 valence electrons. The molecule has 2 aliphatic heterocycles. The number of methoxy groups -OCH3 is 2. The molecule has 2 aromatic carbocycles. The van der Waals surface area contributed by atoms with Gasteiger partial charge in [0.1, 0.15) is 5.70 Å². The monoisotopic (exact) mass is 502 g/mol. The molecule has 0 unspecified atom stereocenters. The number of rotatable bonds is 6. The van der Waals surface area contributed by atoms with E-state index >= 15 is 0 Å². The highest BCUT2D eigenvalue weighted by molar-refractivity contribution is 9.10. The maximum absolute atomic E-state index is 13.2. The first-order chi connectivity index (χ1) is 15.0. The minimum Gasteiger partial charge on any atom is -0.493 e. The third kappa shape index (κ3) is 4.29. The second-order valence-corrected chi connectivity index (χ2v) is 9.03. The normalized spacial score (nSPS) is 17.2. The van der Waals surface area contributed by atoms with Gasteiger partial charge < -0.3 is 9.47 Å². The van der Waals surface area contributed by atoms with Gasteiger partial charge in [0.15, 0.2) is 22.8 Å². The third-order valence-electron chi connectivity index (χ3n) is 5.01. The van der Waals surface area contributed by atoms with Gasteiger partial charge in [-0.1, -0.05) is 47.1 Å². The average molecular weight is 503 g/mol. The van der Waals surface area contributed by atoms with Crippen molar-refractivity contribution in [1.29, 1.82) is 0 Å². The van der Waals surface area contributed by atoms with E-state index in [9.17, 15) is 4.79 Å². The van der Waals surface area contributed by atoms with Crippen molar-refractivity contribution < 1.29 is 14.3 Å². The van der Waals surface area contributed by atoms with Crippen LogP contribution in [0.1, 0.15) is 31.5 Å². The predicted molar refractivity (Wildman–Crippen MR) is 125 cm³/mol. The molecule has 2 aromatic rings. The summed E-state index contributed by atoms with van der Waals surface area (Å²) < 4.78 is 11.7. The van der Waals surface area contributed by atoms with E-state index in [1.165, 1.54) is 0 Å². The van der Waals surface area contributed by atoms with Gasteiger partial charge in [0.25, 0.3) is 5.91 Å². The zero-order valence-electron chi connectivity index (χ0n) is 17.5.